The first-order chi connectivity index (χ1) is 9.35. The maximum atomic E-state index is 11.6. The van der Waals surface area contributed by atoms with Gasteiger partial charge in [0.05, 0.1) is 0 Å². The molecule has 108 valence electrons. The van der Waals surface area contributed by atoms with Gasteiger partial charge in [-0.3, -0.25) is 4.79 Å². The van der Waals surface area contributed by atoms with E-state index >= 15 is 0 Å². The zero-order valence-electron chi connectivity index (χ0n) is 11.7. The topological polar surface area (TPSA) is 104 Å². The van der Waals surface area contributed by atoms with E-state index in [9.17, 15) is 9.59 Å². The normalized spacial score (nSPS) is 11.6. The number of hydrogen-bond donors (Lipinski definition) is 3. The minimum atomic E-state index is -0.394. The Morgan fingerprint density at radius 2 is 2.15 bits per heavy atom. The average molecular weight is 278 g/mol. The first-order valence-corrected chi connectivity index (χ1v) is 6.34. The van der Waals surface area contributed by atoms with Gasteiger partial charge in [0.15, 0.2) is 5.65 Å². The van der Waals surface area contributed by atoms with Gasteiger partial charge in [-0.25, -0.2) is 9.89 Å². The van der Waals surface area contributed by atoms with Crippen molar-refractivity contribution in [2.45, 2.75) is 32.7 Å². The third-order valence-corrected chi connectivity index (χ3v) is 2.45. The monoisotopic (exact) mass is 278 g/mol. The summed E-state index contributed by atoms with van der Waals surface area (Å²) < 4.78 is 1.16. The molecule has 0 aliphatic carbocycles. The number of hydrogen-bond acceptors (Lipinski definition) is 5. The van der Waals surface area contributed by atoms with Crippen molar-refractivity contribution in [2.75, 3.05) is 11.9 Å². The van der Waals surface area contributed by atoms with Gasteiger partial charge in [0, 0.05) is 18.5 Å². The summed E-state index contributed by atoms with van der Waals surface area (Å²) in [5, 5.41) is 16.0. The van der Waals surface area contributed by atoms with Gasteiger partial charge in [-0.15, -0.1) is 5.10 Å². The van der Waals surface area contributed by atoms with Crippen molar-refractivity contribution in [3.8, 4) is 0 Å². The SMILES string of the molecule is CC(C)(C)NC(=O)CCNc1ccc2n[nH]c(=O)n2n1. The molecule has 2 aromatic heterocycles. The first kappa shape index (κ1) is 14.0. The molecule has 2 rings (SSSR count). The highest BCUT2D eigenvalue weighted by Gasteiger charge is 2.13. The molecule has 8 heteroatoms. The molecule has 8 nitrogen and oxygen atoms in total. The fourth-order valence-corrected chi connectivity index (χ4v) is 1.68. The summed E-state index contributed by atoms with van der Waals surface area (Å²) >= 11 is 0. The molecule has 0 atom stereocenters. The van der Waals surface area contributed by atoms with Gasteiger partial charge in [-0.05, 0) is 32.9 Å². The van der Waals surface area contributed by atoms with Crippen molar-refractivity contribution in [1.29, 1.82) is 0 Å². The molecule has 1 amide bonds. The van der Waals surface area contributed by atoms with Gasteiger partial charge in [0.25, 0.3) is 0 Å². The Kier molecular flexibility index (Phi) is 3.73. The van der Waals surface area contributed by atoms with Crippen molar-refractivity contribution >= 4 is 17.4 Å². The molecular formula is C12H18N6O2. The van der Waals surface area contributed by atoms with Crippen LogP contribution in [0.2, 0.25) is 0 Å². The van der Waals surface area contributed by atoms with Crippen LogP contribution in [0.25, 0.3) is 5.65 Å². The van der Waals surface area contributed by atoms with Crippen LogP contribution >= 0.6 is 0 Å². The Labute approximate surface area is 115 Å². The number of carbonyl (C=O) groups excluding carboxylic acids is 1. The molecule has 3 N–H and O–H groups in total. The van der Waals surface area contributed by atoms with Crippen LogP contribution in [0.3, 0.4) is 0 Å². The quantitative estimate of drug-likeness (QED) is 0.737. The standard InChI is InChI=1S/C12H18N6O2/c1-12(2,3)14-10(19)6-7-13-8-4-5-9-15-16-11(20)18(9)17-8/h4-5H,6-7H2,1-3H3,(H,13,17)(H,14,19)(H,16,20). The van der Waals surface area contributed by atoms with Crippen molar-refractivity contribution in [3.05, 3.63) is 22.6 Å². The van der Waals surface area contributed by atoms with E-state index in [4.69, 9.17) is 0 Å². The maximum Gasteiger partial charge on any atom is 0.364 e. The second kappa shape index (κ2) is 5.32. The molecular weight excluding hydrogens is 260 g/mol. The molecule has 0 saturated heterocycles. The van der Waals surface area contributed by atoms with Crippen LogP contribution in [0.15, 0.2) is 16.9 Å². The van der Waals surface area contributed by atoms with E-state index in [-0.39, 0.29) is 11.4 Å². The second-order valence-electron chi connectivity index (χ2n) is 5.49. The lowest BCUT2D eigenvalue weighted by molar-refractivity contribution is -0.122. The number of fused-ring (bicyclic) bond motifs is 1. The van der Waals surface area contributed by atoms with E-state index in [1.165, 1.54) is 0 Å². The van der Waals surface area contributed by atoms with Gasteiger partial charge < -0.3 is 10.6 Å². The number of nitrogens with one attached hydrogen (secondary N) is 3. The molecule has 0 fully saturated rings. The summed E-state index contributed by atoms with van der Waals surface area (Å²) in [5.74, 6) is 0.483. The molecule has 0 aliphatic heterocycles. The summed E-state index contributed by atoms with van der Waals surface area (Å²) in [5.41, 5.74) is -0.182. The lowest BCUT2D eigenvalue weighted by atomic mass is 10.1. The summed E-state index contributed by atoms with van der Waals surface area (Å²) in [6, 6.07) is 3.37. The van der Waals surface area contributed by atoms with Gasteiger partial charge in [0.2, 0.25) is 5.91 Å². The summed E-state index contributed by atoms with van der Waals surface area (Å²) in [6.45, 7) is 6.23. The lowest BCUT2D eigenvalue weighted by Crippen LogP contribution is -2.41. The van der Waals surface area contributed by atoms with Gasteiger partial charge in [-0.1, -0.05) is 0 Å². The summed E-state index contributed by atoms with van der Waals surface area (Å²) in [7, 11) is 0. The maximum absolute atomic E-state index is 11.6. The van der Waals surface area contributed by atoms with E-state index in [2.05, 4.69) is 25.9 Å². The largest absolute Gasteiger partial charge is 0.368 e. The van der Waals surface area contributed by atoms with Crippen LogP contribution in [0.5, 0.6) is 0 Å². The lowest BCUT2D eigenvalue weighted by Gasteiger charge is -2.20. The molecule has 2 aromatic rings. The minimum absolute atomic E-state index is 0.0356. The molecule has 20 heavy (non-hydrogen) atoms. The third-order valence-electron chi connectivity index (χ3n) is 2.45. The minimum Gasteiger partial charge on any atom is -0.368 e. The molecule has 2 heterocycles. The predicted octanol–water partition coefficient (Wildman–Crippen LogP) is 0.134. The Hall–Kier alpha value is -2.38. The van der Waals surface area contributed by atoms with Gasteiger partial charge >= 0.3 is 5.69 Å². The zero-order valence-corrected chi connectivity index (χ0v) is 11.7. The number of aromatic nitrogens is 4. The number of carbonyl (C=O) groups is 1. The van der Waals surface area contributed by atoms with Crippen molar-refractivity contribution < 1.29 is 4.79 Å². The number of aromatic amines is 1. The Morgan fingerprint density at radius 3 is 2.85 bits per heavy atom. The van der Waals surface area contributed by atoms with E-state index in [0.29, 0.717) is 24.4 Å². The van der Waals surface area contributed by atoms with E-state index in [1.54, 1.807) is 12.1 Å². The highest BCUT2D eigenvalue weighted by atomic mass is 16.2. The van der Waals surface area contributed by atoms with Crippen LogP contribution in [-0.2, 0) is 4.79 Å². The summed E-state index contributed by atoms with van der Waals surface area (Å²) in [6.07, 6.45) is 0.331. The van der Waals surface area contributed by atoms with Crippen LogP contribution in [-0.4, -0.2) is 37.8 Å². The first-order valence-electron chi connectivity index (χ1n) is 6.34. The highest BCUT2D eigenvalue weighted by Crippen LogP contribution is 2.03. The molecule has 0 radical (unpaired) electrons. The van der Waals surface area contributed by atoms with Crippen molar-refractivity contribution in [2.24, 2.45) is 0 Å². The Bertz CT molecular complexity index is 666. The number of rotatable bonds is 4. The molecule has 0 saturated carbocycles. The molecule has 0 aliphatic rings. The number of anilines is 1. The van der Waals surface area contributed by atoms with E-state index in [1.807, 2.05) is 20.8 Å². The highest BCUT2D eigenvalue weighted by molar-refractivity contribution is 5.77. The number of H-pyrrole nitrogens is 1. The van der Waals surface area contributed by atoms with Gasteiger partial charge in [0.1, 0.15) is 5.82 Å². The van der Waals surface area contributed by atoms with E-state index in [0.717, 1.165) is 4.52 Å². The molecule has 0 spiro atoms. The van der Waals surface area contributed by atoms with Crippen LogP contribution in [0.1, 0.15) is 27.2 Å². The number of nitrogens with zero attached hydrogens (tertiary/aromatic N) is 3. The predicted molar refractivity (Wildman–Crippen MR) is 74.6 cm³/mol. The van der Waals surface area contributed by atoms with Crippen molar-refractivity contribution in [1.82, 2.24) is 25.1 Å². The van der Waals surface area contributed by atoms with Crippen LogP contribution in [0, 0.1) is 0 Å². The Morgan fingerprint density at radius 1 is 1.40 bits per heavy atom. The smallest absolute Gasteiger partial charge is 0.364 e. The second-order valence-corrected chi connectivity index (χ2v) is 5.49. The van der Waals surface area contributed by atoms with Crippen LogP contribution in [0.4, 0.5) is 5.82 Å². The third kappa shape index (κ3) is 3.56. The van der Waals surface area contributed by atoms with Gasteiger partial charge in [-0.2, -0.15) is 9.61 Å². The molecule has 0 unspecified atom stereocenters. The molecule has 0 bridgehead atoms. The fraction of sp³-hybridized carbons (Fsp3) is 0.500. The summed E-state index contributed by atoms with van der Waals surface area (Å²) in [4.78, 5) is 23.0. The number of amides is 1. The molecule has 0 aromatic carbocycles. The fourth-order valence-electron chi connectivity index (χ4n) is 1.68. The van der Waals surface area contributed by atoms with Crippen molar-refractivity contribution in [3.63, 3.8) is 0 Å². The van der Waals surface area contributed by atoms with Crippen LogP contribution < -0.4 is 16.3 Å². The van der Waals surface area contributed by atoms with E-state index < -0.39 is 5.69 Å². The average Bonchev–Trinajstić information content (AvgIpc) is 2.69. The zero-order chi connectivity index (χ0) is 14.8. The Balaban J connectivity index is 1.91.